The maximum atomic E-state index is 5.86. The van der Waals surface area contributed by atoms with E-state index in [-0.39, 0.29) is 0 Å². The maximum Gasteiger partial charge on any atom is 0.231 e. The summed E-state index contributed by atoms with van der Waals surface area (Å²) in [6.07, 6.45) is 3.04. The third kappa shape index (κ3) is 3.00. The molecule has 1 atom stereocenters. The summed E-state index contributed by atoms with van der Waals surface area (Å²) >= 11 is 0. The summed E-state index contributed by atoms with van der Waals surface area (Å²) in [6.45, 7) is 5.02. The Kier molecular flexibility index (Phi) is 3.71. The van der Waals surface area contributed by atoms with Gasteiger partial charge >= 0.3 is 0 Å². The molecule has 5 nitrogen and oxygen atoms in total. The molecule has 1 aliphatic carbocycles. The third-order valence-electron chi connectivity index (χ3n) is 4.40. The Balaban J connectivity index is 1.28. The van der Waals surface area contributed by atoms with Crippen LogP contribution in [0, 0.1) is 0 Å². The van der Waals surface area contributed by atoms with Crippen LogP contribution in [0.4, 0.5) is 0 Å². The first-order chi connectivity index (χ1) is 10.4. The molecular weight excluding hydrogens is 268 g/mol. The smallest absolute Gasteiger partial charge is 0.231 e. The number of hydrogen-bond donors (Lipinski definition) is 1. The van der Waals surface area contributed by atoms with Gasteiger partial charge in [0.05, 0.1) is 12.7 Å². The van der Waals surface area contributed by atoms with Crippen molar-refractivity contribution in [2.75, 3.05) is 33.0 Å². The van der Waals surface area contributed by atoms with E-state index in [0.29, 0.717) is 12.9 Å². The zero-order chi connectivity index (χ0) is 14.1. The van der Waals surface area contributed by atoms with Crippen molar-refractivity contribution >= 4 is 0 Å². The Morgan fingerprint density at radius 3 is 3.10 bits per heavy atom. The second kappa shape index (κ2) is 5.83. The molecule has 1 saturated carbocycles. The minimum absolute atomic E-state index is 0.299. The quantitative estimate of drug-likeness (QED) is 0.887. The minimum Gasteiger partial charge on any atom is -0.454 e. The van der Waals surface area contributed by atoms with E-state index < -0.39 is 0 Å². The first-order valence-corrected chi connectivity index (χ1v) is 7.84. The number of ether oxygens (including phenoxy) is 3. The molecule has 1 N–H and O–H groups in total. The van der Waals surface area contributed by atoms with Gasteiger partial charge in [-0.25, -0.2) is 0 Å². The van der Waals surface area contributed by atoms with Crippen molar-refractivity contribution < 1.29 is 14.2 Å². The summed E-state index contributed by atoms with van der Waals surface area (Å²) < 4.78 is 16.8. The summed E-state index contributed by atoms with van der Waals surface area (Å²) in [6, 6.07) is 6.87. The van der Waals surface area contributed by atoms with E-state index in [1.165, 1.54) is 12.8 Å². The molecule has 1 aromatic carbocycles. The summed E-state index contributed by atoms with van der Waals surface area (Å²) in [7, 11) is 0. The lowest BCUT2D eigenvalue weighted by molar-refractivity contribution is -0.0301. The Morgan fingerprint density at radius 2 is 2.19 bits per heavy atom. The summed E-state index contributed by atoms with van der Waals surface area (Å²) in [5.74, 6) is 1.73. The molecule has 2 fully saturated rings. The topological polar surface area (TPSA) is 43.0 Å². The van der Waals surface area contributed by atoms with E-state index in [1.54, 1.807) is 0 Å². The van der Waals surface area contributed by atoms with Crippen LogP contribution in [0.15, 0.2) is 18.2 Å². The fourth-order valence-electron chi connectivity index (χ4n) is 3.13. The van der Waals surface area contributed by atoms with E-state index in [1.807, 2.05) is 12.1 Å². The molecule has 0 radical (unpaired) electrons. The van der Waals surface area contributed by atoms with Gasteiger partial charge in [-0.1, -0.05) is 12.1 Å². The lowest BCUT2D eigenvalue weighted by Crippen LogP contribution is -2.47. The lowest BCUT2D eigenvalue weighted by Gasteiger charge is -2.33. The van der Waals surface area contributed by atoms with E-state index >= 15 is 0 Å². The molecule has 21 heavy (non-hydrogen) atoms. The van der Waals surface area contributed by atoms with Crippen LogP contribution in [0.1, 0.15) is 18.4 Å². The van der Waals surface area contributed by atoms with Crippen LogP contribution >= 0.6 is 0 Å². The van der Waals surface area contributed by atoms with Crippen LogP contribution in [0.3, 0.4) is 0 Å². The first kappa shape index (κ1) is 13.4. The predicted octanol–water partition coefficient (Wildman–Crippen LogP) is 1.37. The highest BCUT2D eigenvalue weighted by Gasteiger charge is 2.32. The molecule has 1 unspecified atom stereocenters. The zero-order valence-electron chi connectivity index (χ0n) is 12.2. The SMILES string of the molecule is c1cc(CNCC2CN(C3CC3)CCO2)c2c(c1)OCO2. The molecule has 4 rings (SSSR count). The standard InChI is InChI=1S/C16H22N2O3/c1-2-12(16-15(3-1)20-11-21-16)8-17-9-14-10-18(6-7-19-14)13-4-5-13/h1-3,13-14,17H,4-11H2. The van der Waals surface area contributed by atoms with Crippen molar-refractivity contribution in [1.29, 1.82) is 0 Å². The van der Waals surface area contributed by atoms with Gasteiger partial charge in [-0.05, 0) is 18.9 Å². The van der Waals surface area contributed by atoms with Gasteiger partial charge in [0, 0.05) is 37.8 Å². The van der Waals surface area contributed by atoms with Crippen molar-refractivity contribution in [3.8, 4) is 11.5 Å². The van der Waals surface area contributed by atoms with E-state index in [2.05, 4.69) is 16.3 Å². The Labute approximate surface area is 125 Å². The fourth-order valence-corrected chi connectivity index (χ4v) is 3.13. The number of para-hydroxylation sites is 1. The molecular formula is C16H22N2O3. The highest BCUT2D eigenvalue weighted by Crippen LogP contribution is 2.35. The van der Waals surface area contributed by atoms with Gasteiger partial charge in [0.2, 0.25) is 6.79 Å². The Morgan fingerprint density at radius 1 is 1.24 bits per heavy atom. The van der Waals surface area contributed by atoms with Crippen molar-refractivity contribution in [2.45, 2.75) is 31.5 Å². The largest absolute Gasteiger partial charge is 0.454 e. The van der Waals surface area contributed by atoms with Gasteiger partial charge in [-0.2, -0.15) is 0 Å². The number of benzene rings is 1. The van der Waals surface area contributed by atoms with Crippen LogP contribution in [-0.2, 0) is 11.3 Å². The van der Waals surface area contributed by atoms with E-state index in [4.69, 9.17) is 14.2 Å². The van der Waals surface area contributed by atoms with Gasteiger partial charge < -0.3 is 19.5 Å². The summed E-state index contributed by atoms with van der Waals surface area (Å²) in [4.78, 5) is 2.58. The monoisotopic (exact) mass is 290 g/mol. The van der Waals surface area contributed by atoms with Crippen LogP contribution in [0.5, 0.6) is 11.5 Å². The predicted molar refractivity (Wildman–Crippen MR) is 78.6 cm³/mol. The van der Waals surface area contributed by atoms with Gasteiger partial charge in [0.25, 0.3) is 0 Å². The molecule has 0 spiro atoms. The van der Waals surface area contributed by atoms with Crippen LogP contribution < -0.4 is 14.8 Å². The van der Waals surface area contributed by atoms with Crippen LogP contribution in [0.25, 0.3) is 0 Å². The molecule has 1 aromatic rings. The molecule has 3 aliphatic rings. The van der Waals surface area contributed by atoms with Gasteiger partial charge in [0.1, 0.15) is 0 Å². The minimum atomic E-state index is 0.299. The van der Waals surface area contributed by atoms with E-state index in [9.17, 15) is 0 Å². The van der Waals surface area contributed by atoms with Gasteiger partial charge in [0.15, 0.2) is 11.5 Å². The molecule has 0 aromatic heterocycles. The van der Waals surface area contributed by atoms with Crippen molar-refractivity contribution in [3.05, 3.63) is 23.8 Å². The Bertz CT molecular complexity index is 504. The first-order valence-electron chi connectivity index (χ1n) is 7.84. The summed E-state index contributed by atoms with van der Waals surface area (Å²) in [5, 5.41) is 3.49. The average molecular weight is 290 g/mol. The molecule has 0 bridgehead atoms. The molecule has 5 heteroatoms. The second-order valence-electron chi connectivity index (χ2n) is 6.00. The highest BCUT2D eigenvalue weighted by atomic mass is 16.7. The van der Waals surface area contributed by atoms with Gasteiger partial charge in [-0.15, -0.1) is 0 Å². The number of nitrogens with one attached hydrogen (secondary N) is 1. The van der Waals surface area contributed by atoms with E-state index in [0.717, 1.165) is 55.9 Å². The second-order valence-corrected chi connectivity index (χ2v) is 6.00. The number of rotatable bonds is 5. The van der Waals surface area contributed by atoms with Crippen molar-refractivity contribution in [1.82, 2.24) is 10.2 Å². The van der Waals surface area contributed by atoms with Crippen molar-refractivity contribution in [3.63, 3.8) is 0 Å². The molecule has 114 valence electrons. The molecule has 2 aliphatic heterocycles. The zero-order valence-corrected chi connectivity index (χ0v) is 12.2. The van der Waals surface area contributed by atoms with Gasteiger partial charge in [-0.3, -0.25) is 4.90 Å². The highest BCUT2D eigenvalue weighted by molar-refractivity contribution is 5.48. The Hall–Kier alpha value is -1.30. The maximum absolute atomic E-state index is 5.86. The normalized spacial score (nSPS) is 25.2. The molecule has 1 saturated heterocycles. The number of nitrogens with zero attached hydrogens (tertiary/aromatic N) is 1. The summed E-state index contributed by atoms with van der Waals surface area (Å²) in [5.41, 5.74) is 1.15. The number of hydrogen-bond acceptors (Lipinski definition) is 5. The van der Waals surface area contributed by atoms with Crippen LogP contribution in [0.2, 0.25) is 0 Å². The molecule has 0 amide bonds. The number of morpholine rings is 1. The fraction of sp³-hybridized carbons (Fsp3) is 0.625. The van der Waals surface area contributed by atoms with Crippen LogP contribution in [-0.4, -0.2) is 50.1 Å². The molecule has 2 heterocycles. The van der Waals surface area contributed by atoms with Crippen molar-refractivity contribution in [2.24, 2.45) is 0 Å². The number of fused-ring (bicyclic) bond motifs is 1. The average Bonchev–Trinajstić information content (AvgIpc) is 3.25. The third-order valence-corrected chi connectivity index (χ3v) is 4.40. The lowest BCUT2D eigenvalue weighted by atomic mass is 10.2.